The first-order valence-electron chi connectivity index (χ1n) is 7.87. The summed E-state index contributed by atoms with van der Waals surface area (Å²) in [7, 11) is 0. The number of anilines is 1. The van der Waals surface area contributed by atoms with E-state index in [1.165, 1.54) is 5.56 Å². The van der Waals surface area contributed by atoms with Gasteiger partial charge in [-0.2, -0.15) is 0 Å². The van der Waals surface area contributed by atoms with Crippen LogP contribution in [0.25, 0.3) is 0 Å². The normalized spacial score (nSPS) is 10.4. The number of aryl methyl sites for hydroxylation is 2. The number of hydrogen-bond acceptors (Lipinski definition) is 2. The van der Waals surface area contributed by atoms with E-state index in [-0.39, 0.29) is 5.91 Å². The van der Waals surface area contributed by atoms with Gasteiger partial charge in [-0.05, 0) is 49.1 Å². The van der Waals surface area contributed by atoms with Crippen molar-refractivity contribution in [1.82, 2.24) is 0 Å². The molecule has 0 aliphatic carbocycles. The van der Waals surface area contributed by atoms with E-state index >= 15 is 0 Å². The van der Waals surface area contributed by atoms with Crippen molar-refractivity contribution in [1.29, 1.82) is 0 Å². The Hall–Kier alpha value is -1.81. The van der Waals surface area contributed by atoms with E-state index in [4.69, 9.17) is 4.74 Å². The molecule has 4 heteroatoms. The molecule has 0 fully saturated rings. The van der Waals surface area contributed by atoms with Crippen LogP contribution in [0.5, 0.6) is 5.75 Å². The lowest BCUT2D eigenvalue weighted by atomic mass is 10.1. The molecule has 0 bridgehead atoms. The van der Waals surface area contributed by atoms with Gasteiger partial charge in [0.25, 0.3) is 0 Å². The van der Waals surface area contributed by atoms with Gasteiger partial charge in [0, 0.05) is 16.6 Å². The Kier molecular flexibility index (Phi) is 6.66. The molecule has 0 unspecified atom stereocenters. The summed E-state index contributed by atoms with van der Waals surface area (Å²) in [6.45, 7) is 4.64. The Labute approximate surface area is 146 Å². The molecule has 23 heavy (non-hydrogen) atoms. The van der Waals surface area contributed by atoms with Gasteiger partial charge >= 0.3 is 0 Å². The molecule has 3 nitrogen and oxygen atoms in total. The first-order valence-corrected chi connectivity index (χ1v) is 8.66. The molecular formula is C19H22BrNO2. The van der Waals surface area contributed by atoms with Crippen molar-refractivity contribution in [2.45, 2.75) is 33.1 Å². The van der Waals surface area contributed by atoms with Gasteiger partial charge < -0.3 is 10.1 Å². The number of carbonyl (C=O) groups is 1. The molecule has 0 aromatic heterocycles. The van der Waals surface area contributed by atoms with Crippen LogP contribution in [0.15, 0.2) is 46.9 Å². The fourth-order valence-corrected chi connectivity index (χ4v) is 2.76. The summed E-state index contributed by atoms with van der Waals surface area (Å²) in [5.41, 5.74) is 3.22. The highest BCUT2D eigenvalue weighted by Gasteiger charge is 2.08. The van der Waals surface area contributed by atoms with Crippen LogP contribution >= 0.6 is 15.9 Å². The van der Waals surface area contributed by atoms with Gasteiger partial charge in [0.15, 0.2) is 0 Å². The van der Waals surface area contributed by atoms with Gasteiger partial charge in [-0.25, -0.2) is 0 Å². The van der Waals surface area contributed by atoms with Crippen LogP contribution in [-0.2, 0) is 11.2 Å². The van der Waals surface area contributed by atoms with Crippen LogP contribution in [0.1, 0.15) is 30.9 Å². The van der Waals surface area contributed by atoms with Crippen molar-refractivity contribution < 1.29 is 9.53 Å². The van der Waals surface area contributed by atoms with E-state index in [9.17, 15) is 4.79 Å². The first-order chi connectivity index (χ1) is 11.1. The average Bonchev–Trinajstić information content (AvgIpc) is 2.53. The summed E-state index contributed by atoms with van der Waals surface area (Å²) in [5.74, 6) is 0.846. The summed E-state index contributed by atoms with van der Waals surface area (Å²) in [6.07, 6.45) is 2.04. The van der Waals surface area contributed by atoms with Gasteiger partial charge in [-0.15, -0.1) is 0 Å². The molecule has 0 radical (unpaired) electrons. The zero-order valence-electron chi connectivity index (χ0n) is 13.6. The van der Waals surface area contributed by atoms with Crippen LogP contribution in [0, 0.1) is 6.92 Å². The van der Waals surface area contributed by atoms with Crippen molar-refractivity contribution in [2.75, 3.05) is 11.9 Å². The molecular weight excluding hydrogens is 354 g/mol. The monoisotopic (exact) mass is 375 g/mol. The summed E-state index contributed by atoms with van der Waals surface area (Å²) < 4.78 is 6.63. The second-order valence-electron chi connectivity index (χ2n) is 5.42. The van der Waals surface area contributed by atoms with Crippen LogP contribution in [0.2, 0.25) is 0 Å². The molecule has 0 atom stereocenters. The summed E-state index contributed by atoms with van der Waals surface area (Å²) in [4.78, 5) is 12.1. The minimum absolute atomic E-state index is 0.0341. The fourth-order valence-electron chi connectivity index (χ4n) is 2.38. The maximum Gasteiger partial charge on any atom is 0.224 e. The predicted octanol–water partition coefficient (Wildman–Crippen LogP) is 5.12. The van der Waals surface area contributed by atoms with Gasteiger partial charge in [-0.3, -0.25) is 4.79 Å². The van der Waals surface area contributed by atoms with Crippen molar-refractivity contribution in [2.24, 2.45) is 0 Å². The Morgan fingerprint density at radius 3 is 2.74 bits per heavy atom. The molecule has 1 N–H and O–H groups in total. The Morgan fingerprint density at radius 1 is 1.22 bits per heavy atom. The molecule has 0 aliphatic rings. The second-order valence-corrected chi connectivity index (χ2v) is 6.34. The van der Waals surface area contributed by atoms with E-state index in [0.29, 0.717) is 19.4 Å². The van der Waals surface area contributed by atoms with E-state index in [1.807, 2.05) is 43.3 Å². The van der Waals surface area contributed by atoms with E-state index in [0.717, 1.165) is 27.9 Å². The maximum atomic E-state index is 12.1. The number of ether oxygens (including phenoxy) is 1. The number of hydrogen-bond donors (Lipinski definition) is 1. The predicted molar refractivity (Wildman–Crippen MR) is 98.1 cm³/mol. The molecule has 2 rings (SSSR count). The minimum atomic E-state index is 0.0341. The highest BCUT2D eigenvalue weighted by atomic mass is 79.9. The van der Waals surface area contributed by atoms with Crippen LogP contribution in [0.4, 0.5) is 5.69 Å². The summed E-state index contributed by atoms with van der Waals surface area (Å²) in [5, 5.41) is 3.04. The zero-order valence-corrected chi connectivity index (χ0v) is 15.2. The Bertz CT molecular complexity index is 670. The molecule has 2 aromatic rings. The van der Waals surface area contributed by atoms with Gasteiger partial charge in [-0.1, -0.05) is 47.1 Å². The Morgan fingerprint density at radius 2 is 2.00 bits per heavy atom. The first kappa shape index (κ1) is 17.5. The Balaban J connectivity index is 1.80. The number of amides is 1. The summed E-state index contributed by atoms with van der Waals surface area (Å²) >= 11 is 3.41. The van der Waals surface area contributed by atoms with Crippen LogP contribution < -0.4 is 10.1 Å². The van der Waals surface area contributed by atoms with Crippen LogP contribution in [0.3, 0.4) is 0 Å². The third-order valence-corrected chi connectivity index (χ3v) is 4.11. The number of rotatable bonds is 7. The quantitative estimate of drug-likeness (QED) is 0.682. The number of benzene rings is 2. The van der Waals surface area contributed by atoms with Crippen molar-refractivity contribution in [3.8, 4) is 5.75 Å². The third kappa shape index (κ3) is 5.39. The van der Waals surface area contributed by atoms with Crippen molar-refractivity contribution in [3.05, 3.63) is 58.1 Å². The van der Waals surface area contributed by atoms with Gasteiger partial charge in [0.05, 0.1) is 6.61 Å². The molecule has 0 heterocycles. The molecule has 0 spiro atoms. The average molecular weight is 376 g/mol. The fraction of sp³-hybridized carbons (Fsp3) is 0.316. The number of halogens is 1. The van der Waals surface area contributed by atoms with E-state index in [1.54, 1.807) is 0 Å². The molecule has 0 saturated heterocycles. The maximum absolute atomic E-state index is 12.1. The largest absolute Gasteiger partial charge is 0.494 e. The lowest BCUT2D eigenvalue weighted by Gasteiger charge is -2.13. The second kappa shape index (κ2) is 8.73. The summed E-state index contributed by atoms with van der Waals surface area (Å²) in [6, 6.07) is 13.8. The molecule has 0 saturated carbocycles. The number of para-hydroxylation sites is 1. The smallest absolute Gasteiger partial charge is 0.224 e. The van der Waals surface area contributed by atoms with Gasteiger partial charge in [0.1, 0.15) is 5.75 Å². The molecule has 1 amide bonds. The van der Waals surface area contributed by atoms with Crippen molar-refractivity contribution >= 4 is 27.5 Å². The van der Waals surface area contributed by atoms with Crippen molar-refractivity contribution in [3.63, 3.8) is 0 Å². The topological polar surface area (TPSA) is 38.3 Å². The van der Waals surface area contributed by atoms with Gasteiger partial charge in [0.2, 0.25) is 5.91 Å². The molecule has 0 aliphatic heterocycles. The SMILES string of the molecule is CCc1cccc(C)c1NC(=O)CCCOc1cccc(Br)c1. The third-order valence-electron chi connectivity index (χ3n) is 3.62. The molecule has 122 valence electrons. The zero-order chi connectivity index (χ0) is 16.7. The number of carbonyl (C=O) groups excluding carboxylic acids is 1. The van der Waals surface area contributed by atoms with Crippen LogP contribution in [-0.4, -0.2) is 12.5 Å². The lowest BCUT2D eigenvalue weighted by molar-refractivity contribution is -0.116. The number of nitrogens with one attached hydrogen (secondary N) is 1. The van der Waals surface area contributed by atoms with E-state index in [2.05, 4.69) is 34.2 Å². The standard InChI is InChI=1S/C19H22BrNO2/c1-3-15-8-4-7-14(2)19(15)21-18(22)11-6-12-23-17-10-5-9-16(20)13-17/h4-5,7-10,13H,3,6,11-12H2,1-2H3,(H,21,22). The highest BCUT2D eigenvalue weighted by molar-refractivity contribution is 9.10. The highest BCUT2D eigenvalue weighted by Crippen LogP contribution is 2.21. The molecule has 2 aromatic carbocycles. The van der Waals surface area contributed by atoms with E-state index < -0.39 is 0 Å². The minimum Gasteiger partial charge on any atom is -0.494 e. The lowest BCUT2D eigenvalue weighted by Crippen LogP contribution is -2.15.